The van der Waals surface area contributed by atoms with E-state index in [0.29, 0.717) is 5.92 Å². The molecule has 4 heteroatoms. The minimum atomic E-state index is -0.0418. The van der Waals surface area contributed by atoms with Crippen molar-refractivity contribution in [2.45, 2.75) is 58.4 Å². The highest BCUT2D eigenvalue weighted by Gasteiger charge is 2.34. The summed E-state index contributed by atoms with van der Waals surface area (Å²) in [6, 6.07) is 10.7. The molecule has 0 saturated carbocycles. The Kier molecular flexibility index (Phi) is 6.83. The van der Waals surface area contributed by atoms with Gasteiger partial charge in [0.2, 0.25) is 11.8 Å². The Morgan fingerprint density at radius 1 is 1.21 bits per heavy atom. The number of nitrogens with one attached hydrogen (secondary N) is 1. The lowest BCUT2D eigenvalue weighted by Crippen LogP contribution is -2.45. The van der Waals surface area contributed by atoms with Gasteiger partial charge in [-0.05, 0) is 31.2 Å². The molecule has 1 aliphatic heterocycles. The van der Waals surface area contributed by atoms with Gasteiger partial charge in [0.1, 0.15) is 0 Å². The highest BCUT2D eigenvalue weighted by Crippen LogP contribution is 2.33. The topological polar surface area (TPSA) is 49.4 Å². The van der Waals surface area contributed by atoms with Crippen molar-refractivity contribution in [2.24, 2.45) is 5.92 Å². The molecule has 132 valence electrons. The van der Waals surface area contributed by atoms with Crippen LogP contribution in [0.2, 0.25) is 0 Å². The number of nitrogens with zero attached hydrogens (tertiary/aromatic N) is 1. The van der Waals surface area contributed by atoms with E-state index in [4.69, 9.17) is 0 Å². The molecule has 1 aromatic rings. The van der Waals surface area contributed by atoms with Gasteiger partial charge in [-0.15, -0.1) is 0 Å². The third-order valence-corrected chi connectivity index (χ3v) is 5.23. The van der Waals surface area contributed by atoms with E-state index in [2.05, 4.69) is 36.5 Å². The fraction of sp³-hybridized carbons (Fsp3) is 0.600. The Morgan fingerprint density at radius 2 is 1.92 bits per heavy atom. The SMILES string of the molecule is CC[C@H](C)C(=O)NCC(=O)N1CCC[C@@H]1[C@@H](CC)c1ccccc1. The van der Waals surface area contributed by atoms with Crippen LogP contribution in [0.3, 0.4) is 0 Å². The summed E-state index contributed by atoms with van der Waals surface area (Å²) in [6.07, 6.45) is 3.88. The van der Waals surface area contributed by atoms with E-state index in [1.165, 1.54) is 5.56 Å². The third-order valence-electron chi connectivity index (χ3n) is 5.23. The van der Waals surface area contributed by atoms with Crippen LogP contribution in [-0.2, 0) is 9.59 Å². The lowest BCUT2D eigenvalue weighted by molar-refractivity contribution is -0.134. The van der Waals surface area contributed by atoms with E-state index in [-0.39, 0.29) is 30.3 Å². The summed E-state index contributed by atoms with van der Waals surface area (Å²) in [6.45, 7) is 6.97. The van der Waals surface area contributed by atoms with Crippen molar-refractivity contribution in [3.63, 3.8) is 0 Å². The summed E-state index contributed by atoms with van der Waals surface area (Å²) in [4.78, 5) is 26.5. The van der Waals surface area contributed by atoms with Crippen molar-refractivity contribution >= 4 is 11.8 Å². The molecule has 1 aliphatic rings. The third kappa shape index (κ3) is 4.37. The molecule has 0 aliphatic carbocycles. The number of hydrogen-bond acceptors (Lipinski definition) is 2. The summed E-state index contributed by atoms with van der Waals surface area (Å²) >= 11 is 0. The van der Waals surface area contributed by atoms with Crippen molar-refractivity contribution < 1.29 is 9.59 Å². The molecule has 3 atom stereocenters. The number of amides is 2. The second-order valence-corrected chi connectivity index (χ2v) is 6.75. The van der Waals surface area contributed by atoms with Gasteiger partial charge in [-0.25, -0.2) is 0 Å². The molecule has 1 heterocycles. The second-order valence-electron chi connectivity index (χ2n) is 6.75. The van der Waals surface area contributed by atoms with Crippen LogP contribution < -0.4 is 5.32 Å². The van der Waals surface area contributed by atoms with Crippen LogP contribution in [0, 0.1) is 5.92 Å². The zero-order chi connectivity index (χ0) is 17.5. The van der Waals surface area contributed by atoms with Gasteiger partial charge in [-0.1, -0.05) is 51.1 Å². The average Bonchev–Trinajstić information content (AvgIpc) is 3.09. The first-order valence-corrected chi connectivity index (χ1v) is 9.20. The molecule has 1 aromatic carbocycles. The molecule has 0 spiro atoms. The zero-order valence-corrected chi connectivity index (χ0v) is 15.1. The minimum Gasteiger partial charge on any atom is -0.347 e. The highest BCUT2D eigenvalue weighted by atomic mass is 16.2. The van der Waals surface area contributed by atoms with E-state index in [1.807, 2.05) is 24.8 Å². The minimum absolute atomic E-state index is 0.0308. The molecule has 0 radical (unpaired) electrons. The summed E-state index contributed by atoms with van der Waals surface area (Å²) in [5, 5.41) is 2.80. The fourth-order valence-electron chi connectivity index (χ4n) is 3.57. The van der Waals surface area contributed by atoms with Gasteiger partial charge in [0.15, 0.2) is 0 Å². The van der Waals surface area contributed by atoms with E-state index in [9.17, 15) is 9.59 Å². The van der Waals surface area contributed by atoms with Crippen molar-refractivity contribution in [3.8, 4) is 0 Å². The van der Waals surface area contributed by atoms with Gasteiger partial charge in [-0.3, -0.25) is 9.59 Å². The standard InChI is InChI=1S/C20H30N2O2/c1-4-15(3)20(24)21-14-19(23)22-13-9-12-18(22)17(5-2)16-10-7-6-8-11-16/h6-8,10-11,15,17-18H,4-5,9,12-14H2,1-3H3,(H,21,24)/t15-,17-,18+/m0/s1. The molecular formula is C20H30N2O2. The lowest BCUT2D eigenvalue weighted by Gasteiger charge is -2.32. The first-order chi connectivity index (χ1) is 11.6. The molecule has 0 unspecified atom stereocenters. The van der Waals surface area contributed by atoms with Crippen LogP contribution in [0.1, 0.15) is 57.9 Å². The Balaban J connectivity index is 2.01. The number of rotatable bonds is 7. The quantitative estimate of drug-likeness (QED) is 0.833. The molecule has 2 amide bonds. The van der Waals surface area contributed by atoms with E-state index >= 15 is 0 Å². The van der Waals surface area contributed by atoms with E-state index < -0.39 is 0 Å². The maximum Gasteiger partial charge on any atom is 0.242 e. The van der Waals surface area contributed by atoms with Gasteiger partial charge in [-0.2, -0.15) is 0 Å². The Morgan fingerprint density at radius 3 is 2.54 bits per heavy atom. The number of hydrogen-bond donors (Lipinski definition) is 1. The molecule has 24 heavy (non-hydrogen) atoms. The van der Waals surface area contributed by atoms with Gasteiger partial charge in [0.25, 0.3) is 0 Å². The van der Waals surface area contributed by atoms with Gasteiger partial charge < -0.3 is 10.2 Å². The Bertz CT molecular complexity index is 544. The van der Waals surface area contributed by atoms with Crippen LogP contribution in [0.15, 0.2) is 30.3 Å². The van der Waals surface area contributed by atoms with Gasteiger partial charge in [0, 0.05) is 24.4 Å². The maximum absolute atomic E-state index is 12.6. The first kappa shape index (κ1) is 18.5. The number of benzene rings is 1. The average molecular weight is 330 g/mol. The van der Waals surface area contributed by atoms with Crippen molar-refractivity contribution in [1.82, 2.24) is 10.2 Å². The highest BCUT2D eigenvalue weighted by molar-refractivity contribution is 5.86. The molecular weight excluding hydrogens is 300 g/mol. The van der Waals surface area contributed by atoms with Crippen LogP contribution in [0.25, 0.3) is 0 Å². The summed E-state index contributed by atoms with van der Waals surface area (Å²) in [7, 11) is 0. The molecule has 1 N–H and O–H groups in total. The molecule has 2 rings (SSSR count). The molecule has 4 nitrogen and oxygen atoms in total. The van der Waals surface area contributed by atoms with Crippen LogP contribution in [0.4, 0.5) is 0 Å². The second kappa shape index (κ2) is 8.86. The Hall–Kier alpha value is -1.84. The van der Waals surface area contributed by atoms with Crippen LogP contribution in [-0.4, -0.2) is 35.8 Å². The Labute approximate surface area is 145 Å². The summed E-state index contributed by atoms with van der Waals surface area (Å²) in [5.74, 6) is 0.336. The predicted octanol–water partition coefficient (Wildman–Crippen LogP) is 3.33. The predicted molar refractivity (Wildman–Crippen MR) is 96.7 cm³/mol. The summed E-state index contributed by atoms with van der Waals surface area (Å²) in [5.41, 5.74) is 1.30. The number of carbonyl (C=O) groups excluding carboxylic acids is 2. The maximum atomic E-state index is 12.6. The first-order valence-electron chi connectivity index (χ1n) is 9.20. The fourth-order valence-corrected chi connectivity index (χ4v) is 3.57. The lowest BCUT2D eigenvalue weighted by atomic mass is 9.87. The van der Waals surface area contributed by atoms with Crippen LogP contribution >= 0.6 is 0 Å². The van der Waals surface area contributed by atoms with Gasteiger partial charge >= 0.3 is 0 Å². The molecule has 1 fully saturated rings. The molecule has 0 aromatic heterocycles. The van der Waals surface area contributed by atoms with Crippen LogP contribution in [0.5, 0.6) is 0 Å². The van der Waals surface area contributed by atoms with Crippen molar-refractivity contribution in [3.05, 3.63) is 35.9 Å². The van der Waals surface area contributed by atoms with Crippen molar-refractivity contribution in [2.75, 3.05) is 13.1 Å². The van der Waals surface area contributed by atoms with E-state index in [1.54, 1.807) is 0 Å². The normalized spacial score (nSPS) is 19.8. The smallest absolute Gasteiger partial charge is 0.242 e. The largest absolute Gasteiger partial charge is 0.347 e. The monoisotopic (exact) mass is 330 g/mol. The summed E-state index contributed by atoms with van der Waals surface area (Å²) < 4.78 is 0. The number of likely N-dealkylation sites (tertiary alicyclic amines) is 1. The van der Waals surface area contributed by atoms with E-state index in [0.717, 1.165) is 32.2 Å². The zero-order valence-electron chi connectivity index (χ0n) is 15.1. The van der Waals surface area contributed by atoms with Gasteiger partial charge in [0.05, 0.1) is 6.54 Å². The number of carbonyl (C=O) groups is 2. The molecule has 1 saturated heterocycles. The molecule has 0 bridgehead atoms. The van der Waals surface area contributed by atoms with Crippen molar-refractivity contribution in [1.29, 1.82) is 0 Å².